The zero-order chi connectivity index (χ0) is 14.8. The molecule has 1 fully saturated rings. The molecule has 7 heteroatoms. The van der Waals surface area contributed by atoms with E-state index in [1.165, 1.54) is 11.3 Å². The van der Waals surface area contributed by atoms with E-state index in [1.54, 1.807) is 0 Å². The quantitative estimate of drug-likeness (QED) is 0.853. The molecule has 22 heavy (non-hydrogen) atoms. The normalized spacial score (nSPS) is 17.0. The Kier molecular flexibility index (Phi) is 5.86. The first kappa shape index (κ1) is 17.3. The third kappa shape index (κ3) is 3.46. The maximum absolute atomic E-state index is 14.2. The smallest absolute Gasteiger partial charge is 0.164 e. The average Bonchev–Trinajstić information content (AvgIpc) is 2.99. The highest BCUT2D eigenvalue weighted by molar-refractivity contribution is 7.08. The summed E-state index contributed by atoms with van der Waals surface area (Å²) in [6.45, 7) is 2.97. The van der Waals surface area contributed by atoms with E-state index < -0.39 is 23.5 Å². The number of hydrogen-bond donors (Lipinski definition) is 1. The maximum atomic E-state index is 14.2. The molecule has 0 radical (unpaired) electrons. The molecule has 1 aromatic heterocycles. The minimum absolute atomic E-state index is 0. The molecule has 2 nitrogen and oxygen atoms in total. The summed E-state index contributed by atoms with van der Waals surface area (Å²) in [7, 11) is 0. The van der Waals surface area contributed by atoms with Crippen LogP contribution in [0.25, 0.3) is 0 Å². The first-order chi connectivity index (χ1) is 10.2. The van der Waals surface area contributed by atoms with Crippen LogP contribution in [0.2, 0.25) is 0 Å². The lowest BCUT2D eigenvalue weighted by atomic mass is 9.98. The van der Waals surface area contributed by atoms with Crippen LogP contribution in [0.4, 0.5) is 13.2 Å². The molecule has 120 valence electrons. The van der Waals surface area contributed by atoms with Gasteiger partial charge in [0.15, 0.2) is 11.6 Å². The summed E-state index contributed by atoms with van der Waals surface area (Å²) in [5, 5.41) is 7.01. The molecule has 1 aliphatic rings. The molecule has 0 spiro atoms. The van der Waals surface area contributed by atoms with E-state index in [2.05, 4.69) is 10.2 Å². The molecule has 0 unspecified atom stereocenters. The molecule has 1 atom stereocenters. The van der Waals surface area contributed by atoms with Crippen LogP contribution in [-0.4, -0.2) is 31.1 Å². The Morgan fingerprint density at radius 3 is 2.50 bits per heavy atom. The van der Waals surface area contributed by atoms with E-state index in [-0.39, 0.29) is 18.0 Å². The number of rotatable bonds is 3. The molecular weight excluding hydrogens is 333 g/mol. The summed E-state index contributed by atoms with van der Waals surface area (Å²) in [6, 6.07) is 3.10. The lowest BCUT2D eigenvalue weighted by Crippen LogP contribution is -2.45. The van der Waals surface area contributed by atoms with Crippen LogP contribution in [0.3, 0.4) is 0 Å². The third-order valence-corrected chi connectivity index (χ3v) is 4.39. The number of benzene rings is 1. The standard InChI is InChI=1S/C15H15F3N2S.ClH/c16-11-7-12(14(18)13(17)8-11)15(10-1-6-21-9-10)20-4-2-19-3-5-20;/h1,6-9,15,19H,2-5H2;1H/t15-;/m1./s1. The van der Waals surface area contributed by atoms with Gasteiger partial charge in [0, 0.05) is 37.8 Å². The highest BCUT2D eigenvalue weighted by Gasteiger charge is 2.28. The van der Waals surface area contributed by atoms with Crippen molar-refractivity contribution in [2.24, 2.45) is 0 Å². The van der Waals surface area contributed by atoms with Crippen LogP contribution >= 0.6 is 23.7 Å². The molecule has 1 aromatic carbocycles. The highest BCUT2D eigenvalue weighted by Crippen LogP contribution is 2.33. The van der Waals surface area contributed by atoms with Gasteiger partial charge < -0.3 is 5.32 Å². The Bertz CT molecular complexity index is 616. The highest BCUT2D eigenvalue weighted by atomic mass is 35.5. The fourth-order valence-electron chi connectivity index (χ4n) is 2.73. The van der Waals surface area contributed by atoms with Crippen LogP contribution < -0.4 is 5.32 Å². The average molecular weight is 349 g/mol. The number of halogens is 4. The Hall–Kier alpha value is -1.08. The second-order valence-electron chi connectivity index (χ2n) is 5.04. The zero-order valence-corrected chi connectivity index (χ0v) is 13.3. The predicted molar refractivity (Wildman–Crippen MR) is 84.2 cm³/mol. The van der Waals surface area contributed by atoms with Crippen molar-refractivity contribution in [1.29, 1.82) is 0 Å². The van der Waals surface area contributed by atoms with Gasteiger partial charge in [-0.1, -0.05) is 0 Å². The summed E-state index contributed by atoms with van der Waals surface area (Å²) in [5.41, 5.74) is 0.929. The van der Waals surface area contributed by atoms with Crippen molar-refractivity contribution in [1.82, 2.24) is 10.2 Å². The summed E-state index contributed by atoms with van der Waals surface area (Å²) >= 11 is 1.49. The lowest BCUT2D eigenvalue weighted by Gasteiger charge is -2.35. The molecule has 1 saturated heterocycles. The minimum atomic E-state index is -1.14. The van der Waals surface area contributed by atoms with Crippen LogP contribution in [0.5, 0.6) is 0 Å². The van der Waals surface area contributed by atoms with E-state index in [0.29, 0.717) is 19.2 Å². The van der Waals surface area contributed by atoms with Gasteiger partial charge in [0.05, 0.1) is 6.04 Å². The van der Waals surface area contributed by atoms with E-state index in [0.717, 1.165) is 24.7 Å². The molecule has 0 aliphatic carbocycles. The first-order valence-corrected chi connectivity index (χ1v) is 7.72. The summed E-state index contributed by atoms with van der Waals surface area (Å²) in [6.07, 6.45) is 0. The summed E-state index contributed by atoms with van der Waals surface area (Å²) < 4.78 is 41.3. The van der Waals surface area contributed by atoms with Gasteiger partial charge in [-0.05, 0) is 28.5 Å². The topological polar surface area (TPSA) is 15.3 Å². The van der Waals surface area contributed by atoms with Crippen molar-refractivity contribution in [3.8, 4) is 0 Å². The predicted octanol–water partition coefficient (Wildman–Crippen LogP) is 3.58. The molecule has 0 saturated carbocycles. The van der Waals surface area contributed by atoms with Crippen LogP contribution in [-0.2, 0) is 0 Å². The maximum Gasteiger partial charge on any atom is 0.164 e. The molecule has 0 amide bonds. The number of piperazine rings is 1. The molecule has 1 N–H and O–H groups in total. The molecule has 2 aromatic rings. The van der Waals surface area contributed by atoms with Crippen LogP contribution in [0.1, 0.15) is 17.2 Å². The van der Waals surface area contributed by atoms with Gasteiger partial charge in [-0.2, -0.15) is 11.3 Å². The number of thiophene rings is 1. The van der Waals surface area contributed by atoms with Gasteiger partial charge >= 0.3 is 0 Å². The fourth-order valence-corrected chi connectivity index (χ4v) is 3.41. The molecule has 1 aliphatic heterocycles. The third-order valence-electron chi connectivity index (χ3n) is 3.69. The van der Waals surface area contributed by atoms with Gasteiger partial charge in [0.25, 0.3) is 0 Å². The Labute approximate surface area is 137 Å². The van der Waals surface area contributed by atoms with Crippen molar-refractivity contribution in [2.45, 2.75) is 6.04 Å². The second kappa shape index (κ2) is 7.46. The van der Waals surface area contributed by atoms with Gasteiger partial charge in [0.1, 0.15) is 5.82 Å². The van der Waals surface area contributed by atoms with E-state index in [9.17, 15) is 13.2 Å². The number of nitrogens with one attached hydrogen (secondary N) is 1. The minimum Gasteiger partial charge on any atom is -0.314 e. The van der Waals surface area contributed by atoms with Crippen molar-refractivity contribution >= 4 is 23.7 Å². The summed E-state index contributed by atoms with van der Waals surface area (Å²) in [5.74, 6) is -2.86. The molecule has 2 heterocycles. The Morgan fingerprint density at radius 2 is 1.86 bits per heavy atom. The molecule has 3 rings (SSSR count). The SMILES string of the molecule is Cl.Fc1cc(F)c(F)c([C@@H](c2ccsc2)N2CCNCC2)c1. The summed E-state index contributed by atoms with van der Waals surface area (Å²) in [4.78, 5) is 2.05. The first-order valence-electron chi connectivity index (χ1n) is 6.78. The van der Waals surface area contributed by atoms with E-state index in [4.69, 9.17) is 0 Å². The molecular formula is C15H16ClF3N2S. The van der Waals surface area contributed by atoms with Gasteiger partial charge in [0.2, 0.25) is 0 Å². The second-order valence-corrected chi connectivity index (χ2v) is 5.82. The van der Waals surface area contributed by atoms with E-state index >= 15 is 0 Å². The van der Waals surface area contributed by atoms with Gasteiger partial charge in [-0.25, -0.2) is 13.2 Å². The van der Waals surface area contributed by atoms with Crippen molar-refractivity contribution in [2.75, 3.05) is 26.2 Å². The largest absolute Gasteiger partial charge is 0.314 e. The van der Waals surface area contributed by atoms with Crippen LogP contribution in [0, 0.1) is 17.5 Å². The molecule has 0 bridgehead atoms. The van der Waals surface area contributed by atoms with Crippen molar-refractivity contribution in [3.05, 3.63) is 57.5 Å². The van der Waals surface area contributed by atoms with Crippen molar-refractivity contribution in [3.63, 3.8) is 0 Å². The van der Waals surface area contributed by atoms with Gasteiger partial charge in [-0.3, -0.25) is 4.90 Å². The van der Waals surface area contributed by atoms with Crippen molar-refractivity contribution < 1.29 is 13.2 Å². The fraction of sp³-hybridized carbons (Fsp3) is 0.333. The van der Waals surface area contributed by atoms with Gasteiger partial charge in [-0.15, -0.1) is 12.4 Å². The number of hydrogen-bond acceptors (Lipinski definition) is 3. The van der Waals surface area contributed by atoms with Crippen LogP contribution in [0.15, 0.2) is 29.0 Å². The number of nitrogens with zero attached hydrogens (tertiary/aromatic N) is 1. The Morgan fingerprint density at radius 1 is 1.14 bits per heavy atom. The monoisotopic (exact) mass is 348 g/mol. The van der Waals surface area contributed by atoms with E-state index in [1.807, 2.05) is 16.8 Å². The zero-order valence-electron chi connectivity index (χ0n) is 11.7. The lowest BCUT2D eigenvalue weighted by molar-refractivity contribution is 0.194. The Balaban J connectivity index is 0.00000176.